The number of hydrogen-bond donors (Lipinski definition) is 0. The van der Waals surface area contributed by atoms with Crippen LogP contribution < -0.4 is 9.47 Å². The molecule has 1 saturated heterocycles. The smallest absolute Gasteiger partial charge is 0.253 e. The summed E-state index contributed by atoms with van der Waals surface area (Å²) in [6.07, 6.45) is 7.66. The van der Waals surface area contributed by atoms with E-state index in [1.807, 2.05) is 17.4 Å². The molecular weight excluding hydrogens is 306 g/mol. The predicted molar refractivity (Wildman–Crippen MR) is 90.4 cm³/mol. The van der Waals surface area contributed by atoms with E-state index >= 15 is 0 Å². The fraction of sp³-hybridized carbons (Fsp3) is 0.444. The third-order valence-electron chi connectivity index (χ3n) is 4.56. The first-order chi connectivity index (χ1) is 11.7. The van der Waals surface area contributed by atoms with Crippen molar-refractivity contribution in [1.29, 1.82) is 0 Å². The Labute approximate surface area is 142 Å². The Bertz CT molecular complexity index is 677. The maximum absolute atomic E-state index is 12.7. The lowest BCUT2D eigenvalue weighted by molar-refractivity contribution is 0.0682. The molecule has 0 spiro atoms. The molecule has 1 aliphatic rings. The van der Waals surface area contributed by atoms with Gasteiger partial charge < -0.3 is 18.9 Å². The molecule has 1 fully saturated rings. The van der Waals surface area contributed by atoms with Crippen LogP contribution >= 0.6 is 0 Å². The molecule has 0 radical (unpaired) electrons. The summed E-state index contributed by atoms with van der Waals surface area (Å²) < 4.78 is 12.6. The van der Waals surface area contributed by atoms with Crippen LogP contribution in [0.4, 0.5) is 0 Å². The minimum Gasteiger partial charge on any atom is -0.493 e. The van der Waals surface area contributed by atoms with E-state index in [2.05, 4.69) is 9.55 Å². The Morgan fingerprint density at radius 2 is 1.96 bits per heavy atom. The van der Waals surface area contributed by atoms with Crippen LogP contribution in [0, 0.1) is 5.92 Å². The third-order valence-corrected chi connectivity index (χ3v) is 4.56. The zero-order valence-corrected chi connectivity index (χ0v) is 14.1. The largest absolute Gasteiger partial charge is 0.493 e. The Morgan fingerprint density at radius 1 is 1.21 bits per heavy atom. The maximum atomic E-state index is 12.7. The number of rotatable bonds is 5. The number of hydrogen-bond acceptors (Lipinski definition) is 4. The van der Waals surface area contributed by atoms with Gasteiger partial charge in [-0.3, -0.25) is 4.79 Å². The van der Waals surface area contributed by atoms with Crippen molar-refractivity contribution in [3.8, 4) is 11.5 Å². The SMILES string of the molecule is COc1ccc(C(=O)N2CCC(Cn3ccnc3)CC2)cc1OC. The Balaban J connectivity index is 1.60. The molecule has 3 rings (SSSR count). The highest BCUT2D eigenvalue weighted by molar-refractivity contribution is 5.95. The first kappa shape index (κ1) is 16.4. The summed E-state index contributed by atoms with van der Waals surface area (Å²) >= 11 is 0. The lowest BCUT2D eigenvalue weighted by Crippen LogP contribution is -2.39. The van der Waals surface area contributed by atoms with Crippen LogP contribution in [0.5, 0.6) is 11.5 Å². The van der Waals surface area contributed by atoms with Crippen LogP contribution in [0.25, 0.3) is 0 Å². The number of ether oxygens (including phenoxy) is 2. The van der Waals surface area contributed by atoms with E-state index in [0.717, 1.165) is 32.5 Å². The number of nitrogens with zero attached hydrogens (tertiary/aromatic N) is 3. The van der Waals surface area contributed by atoms with Gasteiger partial charge in [-0.1, -0.05) is 0 Å². The second-order valence-electron chi connectivity index (χ2n) is 6.06. The average molecular weight is 329 g/mol. The van der Waals surface area contributed by atoms with Crippen molar-refractivity contribution in [1.82, 2.24) is 14.5 Å². The molecule has 2 heterocycles. The Kier molecular flexibility index (Phi) is 5.03. The van der Waals surface area contributed by atoms with Crippen LogP contribution in [-0.2, 0) is 6.54 Å². The van der Waals surface area contributed by atoms with Crippen molar-refractivity contribution in [2.24, 2.45) is 5.92 Å². The molecule has 0 saturated carbocycles. The van der Waals surface area contributed by atoms with Gasteiger partial charge in [0.25, 0.3) is 5.91 Å². The number of carbonyl (C=O) groups excluding carboxylic acids is 1. The predicted octanol–water partition coefficient (Wildman–Crippen LogP) is 2.45. The van der Waals surface area contributed by atoms with Crippen molar-refractivity contribution >= 4 is 5.91 Å². The van der Waals surface area contributed by atoms with Crippen LogP contribution in [0.3, 0.4) is 0 Å². The van der Waals surface area contributed by atoms with Gasteiger partial charge in [0, 0.05) is 37.6 Å². The number of likely N-dealkylation sites (tertiary alicyclic amines) is 1. The molecule has 0 aliphatic carbocycles. The summed E-state index contributed by atoms with van der Waals surface area (Å²) in [5.74, 6) is 1.86. The molecule has 1 amide bonds. The van der Waals surface area contributed by atoms with Crippen LogP contribution in [0.1, 0.15) is 23.2 Å². The van der Waals surface area contributed by atoms with Crippen molar-refractivity contribution in [2.75, 3.05) is 27.3 Å². The van der Waals surface area contributed by atoms with Gasteiger partial charge in [-0.15, -0.1) is 0 Å². The molecule has 24 heavy (non-hydrogen) atoms. The zero-order valence-electron chi connectivity index (χ0n) is 14.1. The summed E-state index contributed by atoms with van der Waals surface area (Å²) in [5, 5.41) is 0. The molecule has 1 aromatic heterocycles. The third kappa shape index (κ3) is 3.53. The van der Waals surface area contributed by atoms with Crippen LogP contribution in [0.15, 0.2) is 36.9 Å². The lowest BCUT2D eigenvalue weighted by atomic mass is 9.96. The first-order valence-electron chi connectivity index (χ1n) is 8.18. The van der Waals surface area contributed by atoms with E-state index in [9.17, 15) is 4.79 Å². The van der Waals surface area contributed by atoms with E-state index in [1.54, 1.807) is 38.6 Å². The molecule has 0 N–H and O–H groups in total. The Morgan fingerprint density at radius 3 is 2.58 bits per heavy atom. The number of aromatic nitrogens is 2. The second kappa shape index (κ2) is 7.38. The van der Waals surface area contributed by atoms with E-state index in [1.165, 1.54) is 0 Å². The molecule has 0 unspecified atom stereocenters. The number of imidazole rings is 1. The minimum absolute atomic E-state index is 0.0528. The van der Waals surface area contributed by atoms with Gasteiger partial charge >= 0.3 is 0 Å². The molecule has 1 aliphatic heterocycles. The van der Waals surface area contributed by atoms with E-state index in [-0.39, 0.29) is 5.91 Å². The summed E-state index contributed by atoms with van der Waals surface area (Å²) in [4.78, 5) is 18.7. The summed E-state index contributed by atoms with van der Waals surface area (Å²) in [6.45, 7) is 2.54. The van der Waals surface area contributed by atoms with Crippen LogP contribution in [0.2, 0.25) is 0 Å². The van der Waals surface area contributed by atoms with Gasteiger partial charge in [-0.2, -0.15) is 0 Å². The molecule has 0 bridgehead atoms. The Hall–Kier alpha value is -2.50. The number of amides is 1. The normalized spacial score (nSPS) is 15.3. The van der Waals surface area contributed by atoms with Gasteiger partial charge in [0.15, 0.2) is 11.5 Å². The van der Waals surface area contributed by atoms with Gasteiger partial charge in [0.2, 0.25) is 0 Å². The van der Waals surface area contributed by atoms with Gasteiger partial charge in [0.05, 0.1) is 20.5 Å². The highest BCUT2D eigenvalue weighted by Crippen LogP contribution is 2.29. The van der Waals surface area contributed by atoms with Gasteiger partial charge in [-0.05, 0) is 37.0 Å². The lowest BCUT2D eigenvalue weighted by Gasteiger charge is -2.32. The first-order valence-corrected chi connectivity index (χ1v) is 8.18. The van der Waals surface area contributed by atoms with E-state index < -0.39 is 0 Å². The quantitative estimate of drug-likeness (QED) is 0.845. The van der Waals surface area contributed by atoms with E-state index in [4.69, 9.17) is 9.47 Å². The molecule has 128 valence electrons. The fourth-order valence-corrected chi connectivity index (χ4v) is 3.16. The summed E-state index contributed by atoms with van der Waals surface area (Å²) in [6, 6.07) is 5.32. The average Bonchev–Trinajstić information content (AvgIpc) is 3.14. The number of piperidine rings is 1. The molecular formula is C18H23N3O3. The molecule has 1 aromatic carbocycles. The van der Waals surface area contributed by atoms with Crippen molar-refractivity contribution in [3.63, 3.8) is 0 Å². The monoisotopic (exact) mass is 329 g/mol. The molecule has 6 nitrogen and oxygen atoms in total. The van der Waals surface area contributed by atoms with Crippen molar-refractivity contribution in [3.05, 3.63) is 42.5 Å². The highest BCUT2D eigenvalue weighted by Gasteiger charge is 2.24. The summed E-state index contributed by atoms with van der Waals surface area (Å²) in [5.41, 5.74) is 0.640. The maximum Gasteiger partial charge on any atom is 0.253 e. The molecule has 6 heteroatoms. The topological polar surface area (TPSA) is 56.6 Å². The van der Waals surface area contributed by atoms with Gasteiger partial charge in [-0.25, -0.2) is 4.98 Å². The van der Waals surface area contributed by atoms with E-state index in [0.29, 0.717) is 23.0 Å². The zero-order chi connectivity index (χ0) is 16.9. The fourth-order valence-electron chi connectivity index (χ4n) is 3.16. The van der Waals surface area contributed by atoms with Crippen molar-refractivity contribution < 1.29 is 14.3 Å². The minimum atomic E-state index is 0.0528. The van der Waals surface area contributed by atoms with Crippen LogP contribution in [-0.4, -0.2) is 47.7 Å². The number of carbonyl (C=O) groups is 1. The standard InChI is InChI=1S/C18H23N3O3/c1-23-16-4-3-15(11-17(16)24-2)18(22)21-8-5-14(6-9-21)12-20-10-7-19-13-20/h3-4,7,10-11,13-14H,5-6,8-9,12H2,1-2H3. The number of benzene rings is 1. The number of methoxy groups -OCH3 is 2. The molecule has 2 aromatic rings. The molecule has 0 atom stereocenters. The highest BCUT2D eigenvalue weighted by atomic mass is 16.5. The van der Waals surface area contributed by atoms with Gasteiger partial charge in [0.1, 0.15) is 0 Å². The summed E-state index contributed by atoms with van der Waals surface area (Å²) in [7, 11) is 3.16. The second-order valence-corrected chi connectivity index (χ2v) is 6.06. The van der Waals surface area contributed by atoms with Crippen molar-refractivity contribution in [2.45, 2.75) is 19.4 Å².